The summed E-state index contributed by atoms with van der Waals surface area (Å²) in [4.78, 5) is 4.50. The molecule has 1 saturated heterocycles. The summed E-state index contributed by atoms with van der Waals surface area (Å²) in [5.41, 5.74) is 3.12. The van der Waals surface area contributed by atoms with Crippen LogP contribution in [0.1, 0.15) is 11.1 Å². The smallest absolute Gasteiger partial charge is 0.169 e. The minimum atomic E-state index is 0.592. The second-order valence-corrected chi connectivity index (χ2v) is 5.19. The molecule has 21 heavy (non-hydrogen) atoms. The number of nitriles is 1. The first-order valence-electron chi connectivity index (χ1n) is 7.06. The third-order valence-electron chi connectivity index (χ3n) is 3.77. The Balaban J connectivity index is 1.72. The Labute approximate surface area is 124 Å². The molecule has 0 amide bonds. The number of aromatic nitrogens is 2. The van der Waals surface area contributed by atoms with Crippen molar-refractivity contribution in [3.8, 4) is 6.07 Å². The van der Waals surface area contributed by atoms with Gasteiger partial charge < -0.3 is 9.80 Å². The third-order valence-corrected chi connectivity index (χ3v) is 3.77. The minimum absolute atomic E-state index is 0.592. The van der Waals surface area contributed by atoms with Crippen molar-refractivity contribution in [1.29, 1.82) is 5.26 Å². The van der Waals surface area contributed by atoms with Crippen LogP contribution in [0.25, 0.3) is 0 Å². The number of aryl methyl sites for hydroxylation is 1. The van der Waals surface area contributed by atoms with Gasteiger partial charge in [-0.05, 0) is 30.7 Å². The van der Waals surface area contributed by atoms with Crippen molar-refractivity contribution in [2.45, 2.75) is 6.92 Å². The molecule has 5 nitrogen and oxygen atoms in total. The Morgan fingerprint density at radius 2 is 1.86 bits per heavy atom. The lowest BCUT2D eigenvalue weighted by Gasteiger charge is -2.36. The van der Waals surface area contributed by atoms with Gasteiger partial charge in [0.15, 0.2) is 5.82 Å². The molecule has 0 unspecified atom stereocenters. The fraction of sp³-hybridized carbons (Fsp3) is 0.312. The van der Waals surface area contributed by atoms with E-state index in [2.05, 4.69) is 57.3 Å². The molecule has 1 fully saturated rings. The molecule has 1 aliphatic heterocycles. The lowest BCUT2D eigenvalue weighted by molar-refractivity contribution is 0.643. The van der Waals surface area contributed by atoms with Crippen LogP contribution < -0.4 is 9.80 Å². The predicted octanol–water partition coefficient (Wildman–Crippen LogP) is 1.98. The van der Waals surface area contributed by atoms with Gasteiger partial charge in [0.1, 0.15) is 6.07 Å². The normalized spacial score (nSPS) is 14.9. The summed E-state index contributed by atoms with van der Waals surface area (Å²) < 4.78 is 0. The lowest BCUT2D eigenvalue weighted by atomic mass is 10.2. The highest BCUT2D eigenvalue weighted by molar-refractivity contribution is 5.55. The van der Waals surface area contributed by atoms with Gasteiger partial charge in [0.2, 0.25) is 0 Å². The quantitative estimate of drug-likeness (QED) is 0.841. The molecular formula is C16H17N5. The molecule has 0 N–H and O–H groups in total. The molecule has 3 rings (SSSR count). The predicted molar refractivity (Wildman–Crippen MR) is 82.4 cm³/mol. The fourth-order valence-electron chi connectivity index (χ4n) is 2.65. The van der Waals surface area contributed by atoms with E-state index in [0.29, 0.717) is 11.4 Å². The van der Waals surface area contributed by atoms with Crippen LogP contribution in [0.3, 0.4) is 0 Å². The maximum atomic E-state index is 9.15. The molecule has 1 aliphatic rings. The number of rotatable bonds is 2. The topological polar surface area (TPSA) is 56.1 Å². The lowest BCUT2D eigenvalue weighted by Crippen LogP contribution is -2.47. The van der Waals surface area contributed by atoms with E-state index in [9.17, 15) is 0 Å². The molecule has 0 radical (unpaired) electrons. The van der Waals surface area contributed by atoms with Crippen LogP contribution in [0, 0.1) is 18.3 Å². The maximum Gasteiger partial charge on any atom is 0.169 e. The van der Waals surface area contributed by atoms with E-state index in [-0.39, 0.29) is 0 Å². The van der Waals surface area contributed by atoms with Gasteiger partial charge in [-0.1, -0.05) is 12.1 Å². The first kappa shape index (κ1) is 13.4. The van der Waals surface area contributed by atoms with E-state index in [1.165, 1.54) is 11.3 Å². The zero-order chi connectivity index (χ0) is 14.7. The summed E-state index contributed by atoms with van der Waals surface area (Å²) in [7, 11) is 0. The summed E-state index contributed by atoms with van der Waals surface area (Å²) in [5, 5.41) is 17.2. The molecule has 0 bridgehead atoms. The van der Waals surface area contributed by atoms with Crippen LogP contribution in [0.5, 0.6) is 0 Å². The largest absolute Gasteiger partial charge is 0.368 e. The van der Waals surface area contributed by atoms with Crippen LogP contribution in [0.2, 0.25) is 0 Å². The van der Waals surface area contributed by atoms with Crippen LogP contribution in [-0.2, 0) is 0 Å². The summed E-state index contributed by atoms with van der Waals surface area (Å²) >= 11 is 0. The summed E-state index contributed by atoms with van der Waals surface area (Å²) in [5.74, 6) is 0.698. The maximum absolute atomic E-state index is 9.15. The molecule has 1 aromatic carbocycles. The Kier molecular flexibility index (Phi) is 3.69. The van der Waals surface area contributed by atoms with Crippen molar-refractivity contribution in [1.82, 2.24) is 10.2 Å². The Morgan fingerprint density at radius 3 is 2.57 bits per heavy atom. The molecule has 0 spiro atoms. The Morgan fingerprint density at radius 1 is 1.10 bits per heavy atom. The number of anilines is 2. The number of benzene rings is 1. The van der Waals surface area contributed by atoms with Crippen molar-refractivity contribution in [3.05, 3.63) is 47.7 Å². The summed E-state index contributed by atoms with van der Waals surface area (Å²) in [6.07, 6.45) is 1.56. The fourth-order valence-corrected chi connectivity index (χ4v) is 2.65. The van der Waals surface area contributed by atoms with Gasteiger partial charge >= 0.3 is 0 Å². The molecule has 0 aliphatic carbocycles. The van der Waals surface area contributed by atoms with Crippen molar-refractivity contribution >= 4 is 11.5 Å². The van der Waals surface area contributed by atoms with E-state index in [0.717, 1.165) is 26.2 Å². The summed E-state index contributed by atoms with van der Waals surface area (Å²) in [6, 6.07) is 12.5. The molecule has 1 aromatic heterocycles. The minimum Gasteiger partial charge on any atom is -0.368 e. The van der Waals surface area contributed by atoms with Gasteiger partial charge in [-0.15, -0.1) is 5.10 Å². The number of nitrogens with zero attached hydrogens (tertiary/aromatic N) is 5. The van der Waals surface area contributed by atoms with Crippen LogP contribution in [0.15, 0.2) is 36.5 Å². The van der Waals surface area contributed by atoms with Crippen molar-refractivity contribution in [3.63, 3.8) is 0 Å². The second kappa shape index (κ2) is 5.80. The average Bonchev–Trinajstić information content (AvgIpc) is 2.55. The average molecular weight is 279 g/mol. The van der Waals surface area contributed by atoms with E-state index < -0.39 is 0 Å². The van der Waals surface area contributed by atoms with Gasteiger partial charge in [0.25, 0.3) is 0 Å². The van der Waals surface area contributed by atoms with E-state index in [4.69, 9.17) is 5.26 Å². The molecule has 2 heterocycles. The Hall–Kier alpha value is -2.61. The molecule has 0 atom stereocenters. The molecule has 106 valence electrons. The van der Waals surface area contributed by atoms with Crippen LogP contribution >= 0.6 is 0 Å². The van der Waals surface area contributed by atoms with Gasteiger partial charge in [0, 0.05) is 31.9 Å². The highest BCUT2D eigenvalue weighted by atomic mass is 15.3. The highest BCUT2D eigenvalue weighted by Crippen LogP contribution is 2.21. The van der Waals surface area contributed by atoms with Gasteiger partial charge in [-0.3, -0.25) is 0 Å². The van der Waals surface area contributed by atoms with Crippen molar-refractivity contribution in [2.75, 3.05) is 36.0 Å². The molecular weight excluding hydrogens is 262 g/mol. The van der Waals surface area contributed by atoms with E-state index in [1.807, 2.05) is 0 Å². The number of piperazine rings is 1. The van der Waals surface area contributed by atoms with Crippen LogP contribution in [0.4, 0.5) is 11.5 Å². The van der Waals surface area contributed by atoms with E-state index >= 15 is 0 Å². The third kappa shape index (κ3) is 2.79. The van der Waals surface area contributed by atoms with Gasteiger partial charge in [0.05, 0.1) is 11.8 Å². The van der Waals surface area contributed by atoms with Gasteiger partial charge in [-0.2, -0.15) is 10.4 Å². The highest BCUT2D eigenvalue weighted by Gasteiger charge is 2.20. The Bertz CT molecular complexity index is 668. The SMILES string of the molecule is Cc1cccc(N2CCN(c3nnccc3C#N)CC2)c1. The van der Waals surface area contributed by atoms with E-state index in [1.54, 1.807) is 12.3 Å². The van der Waals surface area contributed by atoms with Crippen molar-refractivity contribution < 1.29 is 0 Å². The monoisotopic (exact) mass is 279 g/mol. The second-order valence-electron chi connectivity index (χ2n) is 5.19. The standard InChI is InChI=1S/C16H17N5/c1-13-3-2-4-15(11-13)20-7-9-21(10-8-20)16-14(12-17)5-6-18-19-16/h2-6,11H,7-10H2,1H3. The number of hydrogen-bond acceptors (Lipinski definition) is 5. The zero-order valence-electron chi connectivity index (χ0n) is 12.0. The molecule has 2 aromatic rings. The van der Waals surface area contributed by atoms with Gasteiger partial charge in [-0.25, -0.2) is 0 Å². The van der Waals surface area contributed by atoms with Crippen LogP contribution in [-0.4, -0.2) is 36.4 Å². The van der Waals surface area contributed by atoms with Crippen molar-refractivity contribution in [2.24, 2.45) is 0 Å². The zero-order valence-corrected chi connectivity index (χ0v) is 12.0. The first-order chi connectivity index (χ1) is 10.3. The first-order valence-corrected chi connectivity index (χ1v) is 7.06. The molecule has 5 heteroatoms. The summed E-state index contributed by atoms with van der Waals surface area (Å²) in [6.45, 7) is 5.65. The number of hydrogen-bond donors (Lipinski definition) is 0. The molecule has 0 saturated carbocycles.